The number of hydrogen-bond acceptors (Lipinski definition) is 1. The number of rotatable bonds is 2. The zero-order valence-electron chi connectivity index (χ0n) is 14.8. The van der Waals surface area contributed by atoms with Gasteiger partial charge >= 0.3 is 0 Å². The zero-order valence-corrected chi connectivity index (χ0v) is 14.8. The average molecular weight is 390 g/mol. The second-order valence-corrected chi connectivity index (χ2v) is 6.87. The third kappa shape index (κ3) is 3.23. The fourth-order valence-corrected chi connectivity index (χ4v) is 3.52. The van der Waals surface area contributed by atoms with Crippen LogP contribution in [-0.2, 0) is 6.42 Å². The van der Waals surface area contributed by atoms with Gasteiger partial charge in [-0.3, -0.25) is 0 Å². The molecule has 6 heteroatoms. The summed E-state index contributed by atoms with van der Waals surface area (Å²) in [5, 5.41) is 0. The van der Waals surface area contributed by atoms with Gasteiger partial charge in [-0.05, 0) is 66.3 Å². The molecule has 3 aromatic rings. The van der Waals surface area contributed by atoms with Gasteiger partial charge in [0.2, 0.25) is 0 Å². The lowest BCUT2D eigenvalue weighted by molar-refractivity contribution is 0.167. The van der Waals surface area contributed by atoms with Crippen molar-refractivity contribution in [2.75, 3.05) is 0 Å². The normalized spacial score (nSPS) is 15.9. The van der Waals surface area contributed by atoms with E-state index in [0.29, 0.717) is 18.4 Å². The minimum Gasteiger partial charge on any atom is -0.482 e. The van der Waals surface area contributed by atoms with E-state index in [4.69, 9.17) is 4.74 Å². The van der Waals surface area contributed by atoms with Crippen molar-refractivity contribution in [1.29, 1.82) is 0 Å². The standard InChI is InChI=1S/C22H15F5O/c1-11-6-13-3-5-20(28-22(13)19(26)7-11)12-2-4-15(16(23)8-12)14-9-17(24)21(27)18(25)10-14/h2,4,6-10,20H,3,5H2,1H3. The number of aryl methyl sites for hydroxylation is 2. The molecule has 0 aliphatic carbocycles. The van der Waals surface area contributed by atoms with Gasteiger partial charge in [-0.25, -0.2) is 22.0 Å². The van der Waals surface area contributed by atoms with E-state index in [1.54, 1.807) is 13.0 Å². The molecule has 0 bridgehead atoms. The number of fused-ring (bicyclic) bond motifs is 1. The van der Waals surface area contributed by atoms with Crippen molar-refractivity contribution >= 4 is 0 Å². The molecule has 1 atom stereocenters. The molecule has 1 heterocycles. The highest BCUT2D eigenvalue weighted by molar-refractivity contribution is 5.65. The third-order valence-electron chi connectivity index (χ3n) is 4.86. The fraction of sp³-hybridized carbons (Fsp3) is 0.182. The summed E-state index contributed by atoms with van der Waals surface area (Å²) in [7, 11) is 0. The summed E-state index contributed by atoms with van der Waals surface area (Å²) in [5.41, 5.74) is 1.86. The van der Waals surface area contributed by atoms with Gasteiger partial charge in [0.1, 0.15) is 11.9 Å². The summed E-state index contributed by atoms with van der Waals surface area (Å²) in [6.45, 7) is 1.80. The molecule has 0 fully saturated rings. The SMILES string of the molecule is Cc1cc(F)c2c(c1)CCC(c1ccc(-c3cc(F)c(F)c(F)c3)c(F)c1)O2. The summed E-state index contributed by atoms with van der Waals surface area (Å²) in [6, 6.07) is 8.80. The molecule has 0 spiro atoms. The van der Waals surface area contributed by atoms with E-state index in [1.165, 1.54) is 18.2 Å². The van der Waals surface area contributed by atoms with Gasteiger partial charge in [-0.1, -0.05) is 18.2 Å². The van der Waals surface area contributed by atoms with Crippen LogP contribution in [0.1, 0.15) is 29.2 Å². The highest BCUT2D eigenvalue weighted by Gasteiger charge is 2.25. The van der Waals surface area contributed by atoms with Gasteiger partial charge in [-0.2, -0.15) is 0 Å². The molecule has 4 rings (SSSR count). The maximum atomic E-state index is 14.6. The largest absolute Gasteiger partial charge is 0.482 e. The monoisotopic (exact) mass is 390 g/mol. The molecule has 0 aromatic heterocycles. The maximum Gasteiger partial charge on any atom is 0.194 e. The molecule has 0 saturated carbocycles. The van der Waals surface area contributed by atoms with Gasteiger partial charge in [-0.15, -0.1) is 0 Å². The predicted octanol–water partition coefficient (Wildman–Crippen LogP) is 6.42. The van der Waals surface area contributed by atoms with E-state index in [1.807, 2.05) is 6.07 Å². The molecule has 1 unspecified atom stereocenters. The number of ether oxygens (including phenoxy) is 1. The molecule has 0 saturated heterocycles. The molecule has 0 radical (unpaired) electrons. The van der Waals surface area contributed by atoms with Crippen LogP contribution in [0.25, 0.3) is 11.1 Å². The Labute approximate surface area is 158 Å². The van der Waals surface area contributed by atoms with Crippen molar-refractivity contribution in [2.45, 2.75) is 25.9 Å². The zero-order chi connectivity index (χ0) is 20.0. The third-order valence-corrected chi connectivity index (χ3v) is 4.86. The highest BCUT2D eigenvalue weighted by atomic mass is 19.2. The molecular weight excluding hydrogens is 375 g/mol. The average Bonchev–Trinajstić information content (AvgIpc) is 2.65. The van der Waals surface area contributed by atoms with Gasteiger partial charge in [0, 0.05) is 5.56 Å². The molecule has 1 aliphatic rings. The minimum absolute atomic E-state index is 0.0698. The predicted molar refractivity (Wildman–Crippen MR) is 94.5 cm³/mol. The Balaban J connectivity index is 1.65. The van der Waals surface area contributed by atoms with Gasteiger partial charge in [0.05, 0.1) is 0 Å². The molecule has 1 aliphatic heterocycles. The van der Waals surface area contributed by atoms with Gasteiger partial charge in [0.25, 0.3) is 0 Å². The number of hydrogen-bond donors (Lipinski definition) is 0. The van der Waals surface area contributed by atoms with E-state index in [0.717, 1.165) is 23.3 Å². The van der Waals surface area contributed by atoms with E-state index in [-0.39, 0.29) is 16.9 Å². The molecular formula is C22H15F5O. The van der Waals surface area contributed by atoms with Crippen LogP contribution in [-0.4, -0.2) is 0 Å². The number of halogens is 5. The first kappa shape index (κ1) is 18.5. The van der Waals surface area contributed by atoms with Crippen LogP contribution in [0, 0.1) is 36.0 Å². The van der Waals surface area contributed by atoms with E-state index in [9.17, 15) is 22.0 Å². The van der Waals surface area contributed by atoms with Crippen LogP contribution in [0.5, 0.6) is 5.75 Å². The Kier molecular flexibility index (Phi) is 4.57. The van der Waals surface area contributed by atoms with Crippen LogP contribution < -0.4 is 4.74 Å². The molecule has 28 heavy (non-hydrogen) atoms. The van der Waals surface area contributed by atoms with Gasteiger partial charge < -0.3 is 4.74 Å². The molecule has 0 N–H and O–H groups in total. The smallest absolute Gasteiger partial charge is 0.194 e. The Hall–Kier alpha value is -2.89. The van der Waals surface area contributed by atoms with Gasteiger partial charge in [0.15, 0.2) is 29.0 Å². The van der Waals surface area contributed by atoms with Crippen molar-refractivity contribution in [3.05, 3.63) is 88.2 Å². The van der Waals surface area contributed by atoms with Crippen molar-refractivity contribution in [1.82, 2.24) is 0 Å². The van der Waals surface area contributed by atoms with Crippen LogP contribution in [0.4, 0.5) is 22.0 Å². The minimum atomic E-state index is -1.60. The lowest BCUT2D eigenvalue weighted by Crippen LogP contribution is -2.16. The summed E-state index contributed by atoms with van der Waals surface area (Å²) in [6.07, 6.45) is 0.570. The van der Waals surface area contributed by atoms with E-state index in [2.05, 4.69) is 0 Å². The summed E-state index contributed by atoms with van der Waals surface area (Å²) >= 11 is 0. The van der Waals surface area contributed by atoms with Crippen molar-refractivity contribution in [3.8, 4) is 16.9 Å². The molecule has 144 valence electrons. The lowest BCUT2D eigenvalue weighted by atomic mass is 9.94. The van der Waals surface area contributed by atoms with Crippen LogP contribution in [0.3, 0.4) is 0 Å². The Bertz CT molecular complexity index is 1050. The van der Waals surface area contributed by atoms with Crippen LogP contribution in [0.15, 0.2) is 42.5 Å². The summed E-state index contributed by atoms with van der Waals surface area (Å²) < 4.78 is 74.6. The Morgan fingerprint density at radius 3 is 2.21 bits per heavy atom. The van der Waals surface area contributed by atoms with Crippen molar-refractivity contribution < 1.29 is 26.7 Å². The van der Waals surface area contributed by atoms with Crippen LogP contribution in [0.2, 0.25) is 0 Å². The Morgan fingerprint density at radius 2 is 1.54 bits per heavy atom. The molecule has 0 amide bonds. The maximum absolute atomic E-state index is 14.6. The highest BCUT2D eigenvalue weighted by Crippen LogP contribution is 2.38. The van der Waals surface area contributed by atoms with E-state index < -0.39 is 35.2 Å². The second-order valence-electron chi connectivity index (χ2n) is 6.87. The fourth-order valence-electron chi connectivity index (χ4n) is 3.52. The van der Waals surface area contributed by atoms with Crippen molar-refractivity contribution in [3.63, 3.8) is 0 Å². The first-order chi connectivity index (χ1) is 13.3. The summed E-state index contributed by atoms with van der Waals surface area (Å²) in [4.78, 5) is 0. The molecule has 1 nitrogen and oxygen atoms in total. The van der Waals surface area contributed by atoms with E-state index >= 15 is 0 Å². The van der Waals surface area contributed by atoms with Crippen molar-refractivity contribution in [2.24, 2.45) is 0 Å². The quantitative estimate of drug-likeness (QED) is 0.362. The number of benzene rings is 3. The second kappa shape index (κ2) is 6.93. The first-order valence-corrected chi connectivity index (χ1v) is 8.73. The van der Waals surface area contributed by atoms with Crippen LogP contribution >= 0.6 is 0 Å². The summed E-state index contributed by atoms with van der Waals surface area (Å²) in [5.74, 6) is -5.43. The first-order valence-electron chi connectivity index (χ1n) is 8.73. The topological polar surface area (TPSA) is 9.23 Å². The lowest BCUT2D eigenvalue weighted by Gasteiger charge is -2.27. The Morgan fingerprint density at radius 1 is 0.821 bits per heavy atom. The molecule has 3 aromatic carbocycles.